The number of nitrogens with zero attached hydrogens (tertiary/aromatic N) is 1. The van der Waals surface area contributed by atoms with Gasteiger partial charge in [0.15, 0.2) is 0 Å². The van der Waals surface area contributed by atoms with Crippen LogP contribution in [-0.2, 0) is 9.59 Å². The normalized spacial score (nSPS) is 17.6. The molecule has 1 aliphatic heterocycles. The van der Waals surface area contributed by atoms with Crippen molar-refractivity contribution >= 4 is 17.5 Å². The minimum atomic E-state index is -0.263. The molecule has 5 heteroatoms. The maximum Gasteiger partial charge on any atom is 0.227 e. The second-order valence-corrected chi connectivity index (χ2v) is 6.17. The number of aryl methyl sites for hydroxylation is 1. The van der Waals surface area contributed by atoms with Crippen LogP contribution in [0.25, 0.3) is 0 Å². The first-order valence-electron chi connectivity index (χ1n) is 8.37. The molecule has 0 aromatic heterocycles. The standard InChI is InChI=1S/C18H26N2O3/c1-14-6-8-16(9-7-14)20-13-15(12-17(20)22)18(23)19-10-4-2-3-5-11-21/h6-9,15,21H,2-5,10-13H2,1H3,(H,19,23). The van der Waals surface area contributed by atoms with Gasteiger partial charge in [-0.05, 0) is 31.9 Å². The summed E-state index contributed by atoms with van der Waals surface area (Å²) in [7, 11) is 0. The summed E-state index contributed by atoms with van der Waals surface area (Å²) in [5.41, 5.74) is 2.01. The Morgan fingerprint density at radius 1 is 1.22 bits per heavy atom. The van der Waals surface area contributed by atoms with Crippen LogP contribution in [0.15, 0.2) is 24.3 Å². The Balaban J connectivity index is 1.77. The molecular weight excluding hydrogens is 292 g/mol. The van der Waals surface area contributed by atoms with Crippen molar-refractivity contribution in [3.05, 3.63) is 29.8 Å². The molecule has 1 aromatic rings. The van der Waals surface area contributed by atoms with Crippen LogP contribution in [0.5, 0.6) is 0 Å². The van der Waals surface area contributed by atoms with Gasteiger partial charge in [0, 0.05) is 31.8 Å². The minimum absolute atomic E-state index is 0.0111. The lowest BCUT2D eigenvalue weighted by Gasteiger charge is -2.17. The summed E-state index contributed by atoms with van der Waals surface area (Å²) < 4.78 is 0. The van der Waals surface area contributed by atoms with Crippen molar-refractivity contribution in [3.8, 4) is 0 Å². The summed E-state index contributed by atoms with van der Waals surface area (Å²) >= 11 is 0. The van der Waals surface area contributed by atoms with Crippen LogP contribution in [-0.4, -0.2) is 36.6 Å². The zero-order valence-electron chi connectivity index (χ0n) is 13.8. The Kier molecular flexibility index (Phi) is 6.59. The zero-order valence-corrected chi connectivity index (χ0v) is 13.8. The number of aliphatic hydroxyl groups excluding tert-OH is 1. The Morgan fingerprint density at radius 3 is 2.61 bits per heavy atom. The number of rotatable bonds is 8. The van der Waals surface area contributed by atoms with Crippen LogP contribution in [0.2, 0.25) is 0 Å². The number of benzene rings is 1. The number of nitrogens with one attached hydrogen (secondary N) is 1. The predicted molar refractivity (Wildman–Crippen MR) is 90.2 cm³/mol. The van der Waals surface area contributed by atoms with Gasteiger partial charge in [0.25, 0.3) is 0 Å². The lowest BCUT2D eigenvalue weighted by atomic mass is 10.1. The molecule has 0 bridgehead atoms. The number of carbonyl (C=O) groups is 2. The molecular formula is C18H26N2O3. The number of anilines is 1. The fraction of sp³-hybridized carbons (Fsp3) is 0.556. The van der Waals surface area contributed by atoms with Gasteiger partial charge < -0.3 is 15.3 Å². The number of amides is 2. The molecule has 126 valence electrons. The molecule has 5 nitrogen and oxygen atoms in total. The highest BCUT2D eigenvalue weighted by atomic mass is 16.3. The van der Waals surface area contributed by atoms with Crippen LogP contribution in [0.4, 0.5) is 5.69 Å². The van der Waals surface area contributed by atoms with E-state index in [0.717, 1.165) is 36.9 Å². The fourth-order valence-corrected chi connectivity index (χ4v) is 2.80. The average Bonchev–Trinajstić information content (AvgIpc) is 2.93. The smallest absolute Gasteiger partial charge is 0.227 e. The third-order valence-electron chi connectivity index (χ3n) is 4.23. The number of unbranched alkanes of at least 4 members (excludes halogenated alkanes) is 3. The summed E-state index contributed by atoms with van der Waals surface area (Å²) in [5, 5.41) is 11.6. The van der Waals surface area contributed by atoms with Gasteiger partial charge in [-0.2, -0.15) is 0 Å². The van der Waals surface area contributed by atoms with E-state index in [2.05, 4.69) is 5.32 Å². The highest BCUT2D eigenvalue weighted by Crippen LogP contribution is 2.25. The van der Waals surface area contributed by atoms with Crippen LogP contribution >= 0.6 is 0 Å². The monoisotopic (exact) mass is 318 g/mol. The molecule has 1 saturated heterocycles. The van der Waals surface area contributed by atoms with Crippen molar-refractivity contribution in [2.24, 2.45) is 5.92 Å². The number of carbonyl (C=O) groups excluding carboxylic acids is 2. The quantitative estimate of drug-likeness (QED) is 0.721. The van der Waals surface area contributed by atoms with E-state index in [-0.39, 0.29) is 30.8 Å². The first kappa shape index (κ1) is 17.5. The van der Waals surface area contributed by atoms with Gasteiger partial charge in [0.2, 0.25) is 11.8 Å². The minimum Gasteiger partial charge on any atom is -0.396 e. The number of hydrogen-bond acceptors (Lipinski definition) is 3. The van der Waals surface area contributed by atoms with E-state index in [1.807, 2.05) is 31.2 Å². The molecule has 0 spiro atoms. The van der Waals surface area contributed by atoms with Crippen LogP contribution < -0.4 is 10.2 Å². The van der Waals surface area contributed by atoms with E-state index in [4.69, 9.17) is 5.11 Å². The summed E-state index contributed by atoms with van der Waals surface area (Å²) in [6.07, 6.45) is 3.99. The summed E-state index contributed by atoms with van der Waals surface area (Å²) in [6, 6.07) is 7.80. The lowest BCUT2D eigenvalue weighted by Crippen LogP contribution is -2.33. The summed E-state index contributed by atoms with van der Waals surface area (Å²) in [4.78, 5) is 26.0. The van der Waals surface area contributed by atoms with Crippen molar-refractivity contribution in [2.75, 3.05) is 24.6 Å². The molecule has 1 aliphatic rings. The molecule has 2 amide bonds. The Morgan fingerprint density at radius 2 is 1.91 bits per heavy atom. The van der Waals surface area contributed by atoms with E-state index in [1.165, 1.54) is 0 Å². The average molecular weight is 318 g/mol. The first-order valence-corrected chi connectivity index (χ1v) is 8.37. The van der Waals surface area contributed by atoms with Gasteiger partial charge in [0.1, 0.15) is 0 Å². The zero-order chi connectivity index (χ0) is 16.7. The SMILES string of the molecule is Cc1ccc(N2CC(C(=O)NCCCCCCO)CC2=O)cc1. The Labute approximate surface area is 137 Å². The third kappa shape index (κ3) is 5.06. The van der Waals surface area contributed by atoms with Gasteiger partial charge in [-0.1, -0.05) is 30.5 Å². The largest absolute Gasteiger partial charge is 0.396 e. The highest BCUT2D eigenvalue weighted by Gasteiger charge is 2.34. The molecule has 0 radical (unpaired) electrons. The topological polar surface area (TPSA) is 69.6 Å². The molecule has 0 aliphatic carbocycles. The molecule has 1 fully saturated rings. The maximum atomic E-state index is 12.2. The van der Waals surface area contributed by atoms with E-state index in [0.29, 0.717) is 13.1 Å². The van der Waals surface area contributed by atoms with Crippen molar-refractivity contribution in [1.82, 2.24) is 5.32 Å². The molecule has 0 saturated carbocycles. The molecule has 23 heavy (non-hydrogen) atoms. The van der Waals surface area contributed by atoms with Gasteiger partial charge in [-0.3, -0.25) is 9.59 Å². The van der Waals surface area contributed by atoms with Gasteiger partial charge in [-0.15, -0.1) is 0 Å². The maximum absolute atomic E-state index is 12.2. The van der Waals surface area contributed by atoms with Gasteiger partial charge in [0.05, 0.1) is 5.92 Å². The highest BCUT2D eigenvalue weighted by molar-refractivity contribution is 6.00. The molecule has 1 unspecified atom stereocenters. The van der Waals surface area contributed by atoms with Crippen molar-refractivity contribution < 1.29 is 14.7 Å². The van der Waals surface area contributed by atoms with Crippen molar-refractivity contribution in [1.29, 1.82) is 0 Å². The van der Waals surface area contributed by atoms with E-state index in [9.17, 15) is 9.59 Å². The Hall–Kier alpha value is -1.88. The number of hydrogen-bond donors (Lipinski definition) is 2. The molecule has 2 rings (SSSR count). The van der Waals surface area contributed by atoms with Crippen molar-refractivity contribution in [2.45, 2.75) is 39.0 Å². The number of aliphatic hydroxyl groups is 1. The van der Waals surface area contributed by atoms with E-state index < -0.39 is 0 Å². The fourth-order valence-electron chi connectivity index (χ4n) is 2.80. The van der Waals surface area contributed by atoms with Crippen molar-refractivity contribution in [3.63, 3.8) is 0 Å². The third-order valence-corrected chi connectivity index (χ3v) is 4.23. The van der Waals surface area contributed by atoms with Crippen LogP contribution in [0.1, 0.15) is 37.7 Å². The lowest BCUT2D eigenvalue weighted by molar-refractivity contribution is -0.126. The molecule has 2 N–H and O–H groups in total. The first-order chi connectivity index (χ1) is 11.1. The Bertz CT molecular complexity index is 528. The molecule has 1 aromatic carbocycles. The van der Waals surface area contributed by atoms with E-state index >= 15 is 0 Å². The van der Waals surface area contributed by atoms with Crippen LogP contribution in [0, 0.1) is 12.8 Å². The second-order valence-electron chi connectivity index (χ2n) is 6.17. The van der Waals surface area contributed by atoms with Crippen LogP contribution in [0.3, 0.4) is 0 Å². The van der Waals surface area contributed by atoms with Gasteiger partial charge >= 0.3 is 0 Å². The second kappa shape index (κ2) is 8.67. The van der Waals surface area contributed by atoms with Gasteiger partial charge in [-0.25, -0.2) is 0 Å². The summed E-state index contributed by atoms with van der Waals surface area (Å²) in [6.45, 7) is 3.33. The summed E-state index contributed by atoms with van der Waals surface area (Å²) in [5.74, 6) is -0.284. The molecule has 1 heterocycles. The molecule has 1 atom stereocenters. The predicted octanol–water partition coefficient (Wildman–Crippen LogP) is 2.02. The van der Waals surface area contributed by atoms with E-state index in [1.54, 1.807) is 4.90 Å².